The first-order valence-corrected chi connectivity index (χ1v) is 19.6. The van der Waals surface area contributed by atoms with Crippen LogP contribution in [-0.4, -0.2) is 0 Å². The van der Waals surface area contributed by atoms with E-state index in [1.54, 1.807) is 0 Å². The topological polar surface area (TPSA) is 0 Å². The summed E-state index contributed by atoms with van der Waals surface area (Å²) in [4.78, 5) is 0. The molecule has 0 radical (unpaired) electrons. The molecule has 0 aromatic rings. The zero-order valence-corrected chi connectivity index (χ0v) is 30.3. The Morgan fingerprint density at radius 2 is 0.455 bits per heavy atom. The molecule has 0 aromatic heterocycles. The van der Waals surface area contributed by atoms with Crippen molar-refractivity contribution in [2.45, 2.75) is 259 Å². The van der Waals surface area contributed by atoms with Crippen molar-refractivity contribution >= 4 is 0 Å². The van der Waals surface area contributed by atoms with Crippen molar-refractivity contribution in [3.05, 3.63) is 0 Å². The van der Waals surface area contributed by atoms with E-state index in [1.807, 2.05) is 27.7 Å². The number of hydrogen-bond acceptors (Lipinski definition) is 0. The minimum absolute atomic E-state index is 0. The Kier molecular flexibility index (Phi) is 57.8. The minimum atomic E-state index is 0. The summed E-state index contributed by atoms with van der Waals surface area (Å²) >= 11 is 0. The first kappa shape index (κ1) is 56.3. The Morgan fingerprint density at radius 1 is 0.295 bits per heavy atom. The monoisotopic (exact) mass is 629 g/mol. The zero-order chi connectivity index (χ0) is 30.3. The summed E-state index contributed by atoms with van der Waals surface area (Å²) in [5.74, 6) is 5.41. The molecule has 276 valence electrons. The Labute approximate surface area is 287 Å². The Bertz CT molecular complexity index is 375. The van der Waals surface area contributed by atoms with Gasteiger partial charge in [-0.25, -0.2) is 0 Å². The van der Waals surface area contributed by atoms with Crippen molar-refractivity contribution < 1.29 is 0 Å². The van der Waals surface area contributed by atoms with Crippen LogP contribution in [0.15, 0.2) is 0 Å². The summed E-state index contributed by atoms with van der Waals surface area (Å²) in [5, 5.41) is 0. The SMILES string of the molecule is C.C.C.C.CC.CC.CC1CCCC1.CCC1CCCC1.CCC1CCCC1.CCC1CCCCC1.CCC1CCCCC1. The van der Waals surface area contributed by atoms with Crippen LogP contribution in [0.1, 0.15) is 259 Å². The minimum Gasteiger partial charge on any atom is -0.0776 e. The molecule has 0 aromatic carbocycles. The van der Waals surface area contributed by atoms with Gasteiger partial charge in [-0.3, -0.25) is 0 Å². The molecule has 0 unspecified atom stereocenters. The highest BCUT2D eigenvalue weighted by Gasteiger charge is 2.12. The Morgan fingerprint density at radius 3 is 0.568 bits per heavy atom. The van der Waals surface area contributed by atoms with E-state index in [4.69, 9.17) is 0 Å². The molecular formula is C44H100. The van der Waals surface area contributed by atoms with E-state index in [0.717, 1.165) is 29.6 Å². The maximum absolute atomic E-state index is 2.34. The fourth-order valence-corrected chi connectivity index (χ4v) is 7.16. The second-order valence-corrected chi connectivity index (χ2v) is 13.3. The molecule has 5 saturated carbocycles. The van der Waals surface area contributed by atoms with Gasteiger partial charge in [0.1, 0.15) is 0 Å². The van der Waals surface area contributed by atoms with Crippen LogP contribution in [-0.2, 0) is 0 Å². The first-order valence-electron chi connectivity index (χ1n) is 19.6. The van der Waals surface area contributed by atoms with Gasteiger partial charge in [0.25, 0.3) is 0 Å². The molecule has 0 spiro atoms. The van der Waals surface area contributed by atoms with Crippen molar-refractivity contribution in [1.82, 2.24) is 0 Å². The molecule has 0 amide bonds. The second-order valence-electron chi connectivity index (χ2n) is 13.3. The smallest absolute Gasteiger partial charge is 0.0417 e. The van der Waals surface area contributed by atoms with Crippen molar-refractivity contribution in [3.8, 4) is 0 Å². The van der Waals surface area contributed by atoms with E-state index >= 15 is 0 Å². The third kappa shape index (κ3) is 34.9. The molecule has 0 nitrogen and oxygen atoms in total. The predicted molar refractivity (Wildman–Crippen MR) is 215 cm³/mol. The van der Waals surface area contributed by atoms with Crippen molar-refractivity contribution in [3.63, 3.8) is 0 Å². The molecule has 0 heterocycles. The van der Waals surface area contributed by atoms with E-state index < -0.39 is 0 Å². The van der Waals surface area contributed by atoms with Gasteiger partial charge in [-0.1, -0.05) is 259 Å². The third-order valence-corrected chi connectivity index (χ3v) is 10.4. The predicted octanol–water partition coefficient (Wildman–Crippen LogP) is 17.9. The summed E-state index contributed by atoms with van der Waals surface area (Å²) in [7, 11) is 0. The average Bonchev–Trinajstić information content (AvgIpc) is 3.86. The summed E-state index contributed by atoms with van der Waals surface area (Å²) < 4.78 is 0. The van der Waals surface area contributed by atoms with E-state index in [2.05, 4.69) is 34.6 Å². The molecule has 5 aliphatic carbocycles. The van der Waals surface area contributed by atoms with Crippen LogP contribution in [0.2, 0.25) is 0 Å². The molecule has 0 aliphatic heterocycles. The fraction of sp³-hybridized carbons (Fsp3) is 1.00. The third-order valence-electron chi connectivity index (χ3n) is 10.4. The van der Waals surface area contributed by atoms with Crippen molar-refractivity contribution in [2.75, 3.05) is 0 Å². The molecule has 0 bridgehead atoms. The molecule has 0 atom stereocenters. The molecule has 0 saturated heterocycles. The fourth-order valence-electron chi connectivity index (χ4n) is 7.16. The summed E-state index contributed by atoms with van der Waals surface area (Å²) in [6.07, 6.45) is 38.7. The van der Waals surface area contributed by atoms with Crippen LogP contribution in [0.4, 0.5) is 0 Å². The van der Waals surface area contributed by atoms with Gasteiger partial charge < -0.3 is 0 Å². The van der Waals surface area contributed by atoms with Crippen molar-refractivity contribution in [2.24, 2.45) is 29.6 Å². The van der Waals surface area contributed by atoms with E-state index in [9.17, 15) is 0 Å². The van der Waals surface area contributed by atoms with Gasteiger partial charge >= 0.3 is 0 Å². The van der Waals surface area contributed by atoms with Gasteiger partial charge in [0.2, 0.25) is 0 Å². The quantitative estimate of drug-likeness (QED) is 0.290. The van der Waals surface area contributed by atoms with Gasteiger partial charge in [0, 0.05) is 0 Å². The van der Waals surface area contributed by atoms with Crippen LogP contribution < -0.4 is 0 Å². The lowest BCUT2D eigenvalue weighted by atomic mass is 9.88. The molecule has 5 rings (SSSR count). The lowest BCUT2D eigenvalue weighted by Gasteiger charge is -2.18. The number of hydrogen-bond donors (Lipinski definition) is 0. The van der Waals surface area contributed by atoms with Crippen LogP contribution in [0.5, 0.6) is 0 Å². The first-order chi connectivity index (χ1) is 19.6. The normalized spacial score (nSPS) is 19.8. The lowest BCUT2D eigenvalue weighted by Crippen LogP contribution is -2.03. The summed E-state index contributed by atoms with van der Waals surface area (Å²) in [6, 6.07) is 0. The molecule has 5 aliphatic rings. The van der Waals surface area contributed by atoms with Crippen LogP contribution >= 0.6 is 0 Å². The molecule has 5 fully saturated rings. The van der Waals surface area contributed by atoms with Gasteiger partial charge in [-0.2, -0.15) is 0 Å². The Balaban J connectivity index is -0.0000000977. The zero-order valence-electron chi connectivity index (χ0n) is 30.3. The second kappa shape index (κ2) is 45.1. The van der Waals surface area contributed by atoms with Crippen LogP contribution in [0.3, 0.4) is 0 Å². The van der Waals surface area contributed by atoms with Crippen LogP contribution in [0.25, 0.3) is 0 Å². The highest BCUT2D eigenvalue weighted by atomic mass is 14.2. The average molecular weight is 629 g/mol. The number of rotatable bonds is 4. The highest BCUT2D eigenvalue weighted by molar-refractivity contribution is 4.66. The molecule has 44 heavy (non-hydrogen) atoms. The maximum atomic E-state index is 2.34. The lowest BCUT2D eigenvalue weighted by molar-refractivity contribution is 0.349. The maximum Gasteiger partial charge on any atom is -0.0417 e. The van der Waals surface area contributed by atoms with E-state index in [-0.39, 0.29) is 29.7 Å². The van der Waals surface area contributed by atoms with Crippen molar-refractivity contribution in [1.29, 1.82) is 0 Å². The molecule has 0 N–H and O–H groups in total. The standard InChI is InChI=1S/2C8H16.2C7H14.C6H12.2C2H6.4CH4/c2*1-2-8-6-4-3-5-7-8;2*1-2-7-5-3-4-6-7;1-6-4-2-3-5-6;2*1-2;;;;/h2*8H,2-7H2,1H3;2*7H,2-6H2,1H3;6H,2-5H2,1H3;2*1-2H3;4*1H4. The molecule has 0 heteroatoms. The Hall–Kier alpha value is 0. The van der Waals surface area contributed by atoms with E-state index in [1.165, 1.54) is 167 Å². The largest absolute Gasteiger partial charge is 0.0776 e. The highest BCUT2D eigenvalue weighted by Crippen LogP contribution is 2.28. The van der Waals surface area contributed by atoms with Gasteiger partial charge in [0.15, 0.2) is 0 Å². The van der Waals surface area contributed by atoms with Gasteiger partial charge in [0.05, 0.1) is 0 Å². The van der Waals surface area contributed by atoms with Crippen LogP contribution in [0, 0.1) is 29.6 Å². The molecular weight excluding hydrogens is 528 g/mol. The summed E-state index contributed by atoms with van der Waals surface area (Å²) in [5.41, 5.74) is 0. The summed E-state index contributed by atoms with van der Waals surface area (Å²) in [6.45, 7) is 19.6. The van der Waals surface area contributed by atoms with Gasteiger partial charge in [-0.05, 0) is 29.6 Å². The van der Waals surface area contributed by atoms with E-state index in [0.29, 0.717) is 0 Å². The van der Waals surface area contributed by atoms with Gasteiger partial charge in [-0.15, -0.1) is 0 Å².